The van der Waals surface area contributed by atoms with E-state index in [4.69, 9.17) is 9.47 Å². The Labute approximate surface area is 188 Å². The lowest BCUT2D eigenvalue weighted by Crippen LogP contribution is -2.40. The largest absolute Gasteiger partial charge is 0.497 e. The second-order valence-electron chi connectivity index (χ2n) is 8.10. The summed E-state index contributed by atoms with van der Waals surface area (Å²) >= 11 is 0. The second kappa shape index (κ2) is 10.5. The van der Waals surface area contributed by atoms with Crippen molar-refractivity contribution in [3.8, 4) is 11.5 Å². The Morgan fingerprint density at radius 1 is 1.12 bits per heavy atom. The van der Waals surface area contributed by atoms with Gasteiger partial charge in [-0.15, -0.1) is 0 Å². The van der Waals surface area contributed by atoms with Crippen LogP contribution in [0.25, 0.3) is 0 Å². The average molecular weight is 444 g/mol. The number of rotatable bonds is 9. The van der Waals surface area contributed by atoms with E-state index in [1.807, 2.05) is 19.0 Å². The molecule has 0 aromatic heterocycles. The molecule has 0 radical (unpaired) electrons. The van der Waals surface area contributed by atoms with Crippen LogP contribution < -0.4 is 14.4 Å². The van der Waals surface area contributed by atoms with Gasteiger partial charge >= 0.3 is 0 Å². The summed E-state index contributed by atoms with van der Waals surface area (Å²) in [5, 5.41) is 0. The van der Waals surface area contributed by atoms with E-state index in [1.165, 1.54) is 13.2 Å². The number of nitrogens with zero attached hydrogens (tertiary/aromatic N) is 3. The van der Waals surface area contributed by atoms with Gasteiger partial charge in [0.1, 0.15) is 17.3 Å². The highest BCUT2D eigenvalue weighted by Gasteiger charge is 2.38. The summed E-state index contributed by atoms with van der Waals surface area (Å²) in [6, 6.07) is 11.7. The van der Waals surface area contributed by atoms with Gasteiger partial charge in [0.25, 0.3) is 0 Å². The van der Waals surface area contributed by atoms with E-state index in [1.54, 1.807) is 53.3 Å². The van der Waals surface area contributed by atoms with Crippen molar-refractivity contribution >= 4 is 17.5 Å². The standard InChI is InChI=1S/C24H30FN3O4/c1-26(2)11-12-27(15-17-7-5-6-8-20(17)25)24(30)18-13-23(29)28(16-18)21-14-19(31-3)9-10-22(21)32-4/h5-10,14,18H,11-13,15-16H2,1-4H3. The molecular weight excluding hydrogens is 413 g/mol. The van der Waals surface area contributed by atoms with Gasteiger partial charge < -0.3 is 24.2 Å². The molecule has 1 fully saturated rings. The van der Waals surface area contributed by atoms with Gasteiger partial charge in [0.05, 0.1) is 25.8 Å². The molecule has 1 aliphatic heterocycles. The van der Waals surface area contributed by atoms with Gasteiger partial charge in [0.15, 0.2) is 0 Å². The van der Waals surface area contributed by atoms with Gasteiger partial charge in [0.2, 0.25) is 11.8 Å². The summed E-state index contributed by atoms with van der Waals surface area (Å²) in [5.74, 6) is -0.0625. The number of amides is 2. The van der Waals surface area contributed by atoms with Gasteiger partial charge in [-0.3, -0.25) is 9.59 Å². The first-order chi connectivity index (χ1) is 15.3. The Morgan fingerprint density at radius 3 is 2.53 bits per heavy atom. The highest BCUT2D eigenvalue weighted by molar-refractivity contribution is 6.01. The van der Waals surface area contributed by atoms with Crippen LogP contribution in [0.15, 0.2) is 42.5 Å². The van der Waals surface area contributed by atoms with Crippen LogP contribution in [0.4, 0.5) is 10.1 Å². The lowest BCUT2D eigenvalue weighted by molar-refractivity contribution is -0.136. The monoisotopic (exact) mass is 443 g/mol. The molecule has 7 nitrogen and oxygen atoms in total. The summed E-state index contributed by atoms with van der Waals surface area (Å²) in [7, 11) is 6.92. The maximum Gasteiger partial charge on any atom is 0.228 e. The summed E-state index contributed by atoms with van der Waals surface area (Å²) in [6.07, 6.45) is 0.0922. The average Bonchev–Trinajstić information content (AvgIpc) is 3.18. The van der Waals surface area contributed by atoms with Crippen molar-refractivity contribution in [3.05, 3.63) is 53.8 Å². The van der Waals surface area contributed by atoms with Crippen LogP contribution in [-0.2, 0) is 16.1 Å². The van der Waals surface area contributed by atoms with E-state index in [-0.39, 0.29) is 37.1 Å². The molecule has 1 saturated heterocycles. The summed E-state index contributed by atoms with van der Waals surface area (Å²) < 4.78 is 25.0. The Bertz CT molecular complexity index is 966. The fourth-order valence-corrected chi connectivity index (χ4v) is 3.79. The van der Waals surface area contributed by atoms with Crippen molar-refractivity contribution in [3.63, 3.8) is 0 Å². The van der Waals surface area contributed by atoms with E-state index in [0.29, 0.717) is 35.8 Å². The normalized spacial score (nSPS) is 15.9. The number of benzene rings is 2. The van der Waals surface area contributed by atoms with Gasteiger partial charge in [-0.25, -0.2) is 4.39 Å². The maximum absolute atomic E-state index is 14.3. The number of hydrogen-bond acceptors (Lipinski definition) is 5. The first-order valence-electron chi connectivity index (χ1n) is 10.5. The molecule has 2 aromatic rings. The molecule has 1 atom stereocenters. The fraction of sp³-hybridized carbons (Fsp3) is 0.417. The molecule has 2 amide bonds. The van der Waals surface area contributed by atoms with Crippen LogP contribution in [0, 0.1) is 11.7 Å². The third kappa shape index (κ3) is 5.37. The Balaban J connectivity index is 1.81. The van der Waals surface area contributed by atoms with Crippen LogP contribution >= 0.6 is 0 Å². The fourth-order valence-electron chi connectivity index (χ4n) is 3.79. The number of hydrogen-bond donors (Lipinski definition) is 0. The summed E-state index contributed by atoms with van der Waals surface area (Å²) in [5.41, 5.74) is 1.02. The SMILES string of the molecule is COc1ccc(OC)c(N2CC(C(=O)N(CCN(C)C)Cc3ccccc3F)CC2=O)c1. The van der Waals surface area contributed by atoms with Gasteiger partial charge in [-0.2, -0.15) is 0 Å². The minimum Gasteiger partial charge on any atom is -0.497 e. The van der Waals surface area contributed by atoms with Gasteiger partial charge in [-0.05, 0) is 32.3 Å². The van der Waals surface area contributed by atoms with E-state index < -0.39 is 5.92 Å². The van der Waals surface area contributed by atoms with Crippen LogP contribution in [0.3, 0.4) is 0 Å². The molecule has 8 heteroatoms. The number of carbonyl (C=O) groups excluding carboxylic acids is 2. The number of halogens is 1. The Kier molecular flexibility index (Phi) is 7.69. The van der Waals surface area contributed by atoms with Crippen LogP contribution in [-0.4, -0.2) is 69.6 Å². The molecule has 172 valence electrons. The highest BCUT2D eigenvalue weighted by Crippen LogP contribution is 2.36. The highest BCUT2D eigenvalue weighted by atomic mass is 19.1. The third-order valence-corrected chi connectivity index (χ3v) is 5.60. The number of anilines is 1. The molecule has 0 N–H and O–H groups in total. The number of likely N-dealkylation sites (N-methyl/N-ethyl adjacent to an activating group) is 1. The molecule has 0 bridgehead atoms. The van der Waals surface area contributed by atoms with Crippen molar-refractivity contribution in [1.82, 2.24) is 9.80 Å². The predicted molar refractivity (Wildman–Crippen MR) is 120 cm³/mol. The number of methoxy groups -OCH3 is 2. The zero-order chi connectivity index (χ0) is 23.3. The zero-order valence-electron chi connectivity index (χ0n) is 19.0. The second-order valence-corrected chi connectivity index (χ2v) is 8.10. The Morgan fingerprint density at radius 2 is 1.88 bits per heavy atom. The van der Waals surface area contributed by atoms with Crippen molar-refractivity contribution < 1.29 is 23.5 Å². The zero-order valence-corrected chi connectivity index (χ0v) is 19.0. The Hall–Kier alpha value is -3.13. The smallest absolute Gasteiger partial charge is 0.228 e. The van der Waals surface area contributed by atoms with Crippen molar-refractivity contribution in [2.24, 2.45) is 5.92 Å². The molecule has 1 unspecified atom stereocenters. The predicted octanol–water partition coefficient (Wildman–Crippen LogP) is 2.79. The molecule has 0 aliphatic carbocycles. The third-order valence-electron chi connectivity index (χ3n) is 5.60. The minimum absolute atomic E-state index is 0.0922. The van der Waals surface area contributed by atoms with E-state index >= 15 is 0 Å². The molecule has 0 spiro atoms. The van der Waals surface area contributed by atoms with Crippen LogP contribution in [0.1, 0.15) is 12.0 Å². The number of ether oxygens (including phenoxy) is 2. The number of carbonyl (C=O) groups is 2. The first-order valence-corrected chi connectivity index (χ1v) is 10.5. The topological polar surface area (TPSA) is 62.3 Å². The van der Waals surface area contributed by atoms with E-state index in [2.05, 4.69) is 0 Å². The maximum atomic E-state index is 14.3. The molecule has 1 aliphatic rings. The van der Waals surface area contributed by atoms with Gasteiger partial charge in [-0.1, -0.05) is 18.2 Å². The molecule has 3 rings (SSSR count). The van der Waals surface area contributed by atoms with Crippen molar-refractivity contribution in [2.45, 2.75) is 13.0 Å². The summed E-state index contributed by atoms with van der Waals surface area (Å²) in [4.78, 5) is 31.4. The molecule has 0 saturated carbocycles. The summed E-state index contributed by atoms with van der Waals surface area (Å²) in [6.45, 7) is 1.46. The van der Waals surface area contributed by atoms with Crippen LogP contribution in [0.5, 0.6) is 11.5 Å². The first kappa shape index (κ1) is 23.5. The minimum atomic E-state index is -0.521. The molecular formula is C24H30FN3O4. The lowest BCUT2D eigenvalue weighted by atomic mass is 10.1. The lowest BCUT2D eigenvalue weighted by Gasteiger charge is -2.27. The van der Waals surface area contributed by atoms with Crippen molar-refractivity contribution in [2.75, 3.05) is 52.8 Å². The quantitative estimate of drug-likeness (QED) is 0.597. The van der Waals surface area contributed by atoms with Crippen molar-refractivity contribution in [1.29, 1.82) is 0 Å². The molecule has 32 heavy (non-hydrogen) atoms. The molecule has 2 aromatic carbocycles. The molecule has 1 heterocycles. The van der Waals surface area contributed by atoms with Crippen LogP contribution in [0.2, 0.25) is 0 Å². The van der Waals surface area contributed by atoms with E-state index in [0.717, 1.165) is 0 Å². The van der Waals surface area contributed by atoms with Gasteiger partial charge in [0, 0.05) is 44.2 Å². The van der Waals surface area contributed by atoms with E-state index in [9.17, 15) is 14.0 Å².